The molecule has 1 aromatic heterocycles. The van der Waals surface area contributed by atoms with E-state index in [1.165, 1.54) is 6.20 Å². The zero-order valence-electron chi connectivity index (χ0n) is 6.29. The molecular formula is C5H9N4O2-. The third-order valence-electron chi connectivity index (χ3n) is 1.37. The van der Waals surface area contributed by atoms with Crippen LogP contribution in [0.1, 0.15) is 0 Å². The second-order valence-corrected chi connectivity index (χ2v) is 1.97. The van der Waals surface area contributed by atoms with Crippen molar-refractivity contribution in [1.29, 1.82) is 0 Å². The van der Waals surface area contributed by atoms with Crippen LogP contribution in [0.15, 0.2) is 6.20 Å². The highest BCUT2D eigenvalue weighted by Gasteiger charge is 2.09. The summed E-state index contributed by atoms with van der Waals surface area (Å²) in [5.41, 5.74) is 0.484. The van der Waals surface area contributed by atoms with Crippen LogP contribution in [0.2, 0.25) is 0 Å². The summed E-state index contributed by atoms with van der Waals surface area (Å²) in [5.74, 6) is 0.225. The Bertz CT molecular complexity index is 257. The normalized spacial score (nSPS) is 9.64. The molecule has 0 aliphatic carbocycles. The highest BCUT2D eigenvalue weighted by atomic mass is 16.6. The molecule has 0 bridgehead atoms. The maximum atomic E-state index is 10.8. The van der Waals surface area contributed by atoms with Crippen molar-refractivity contribution in [2.24, 2.45) is 0 Å². The minimum Gasteiger partial charge on any atom is -0.756 e. The van der Waals surface area contributed by atoms with Crippen molar-refractivity contribution in [2.45, 2.75) is 0 Å². The molecule has 62 valence electrons. The number of aromatic nitrogens is 2. The predicted octanol–water partition coefficient (Wildman–Crippen LogP) is -0.449. The van der Waals surface area contributed by atoms with E-state index in [2.05, 4.69) is 10.6 Å². The van der Waals surface area contributed by atoms with Gasteiger partial charge in [0.1, 0.15) is 5.69 Å². The Morgan fingerprint density at radius 2 is 2.09 bits per heavy atom. The molecule has 0 fully saturated rings. The highest BCUT2D eigenvalue weighted by molar-refractivity contribution is 5.62. The fourth-order valence-corrected chi connectivity index (χ4v) is 0.839. The lowest BCUT2D eigenvalue weighted by molar-refractivity contribution is -0.683. The lowest BCUT2D eigenvalue weighted by Gasteiger charge is -2.08. The fourth-order valence-electron chi connectivity index (χ4n) is 0.839. The molecule has 0 amide bonds. The molecule has 0 unspecified atom stereocenters. The molecule has 0 aliphatic rings. The van der Waals surface area contributed by atoms with Gasteiger partial charge in [-0.15, -0.1) is 4.85 Å². The van der Waals surface area contributed by atoms with Crippen molar-refractivity contribution in [3.8, 4) is 0 Å². The highest BCUT2D eigenvalue weighted by Crippen LogP contribution is 2.16. The van der Waals surface area contributed by atoms with E-state index < -0.39 is 0 Å². The van der Waals surface area contributed by atoms with Gasteiger partial charge in [-0.1, -0.05) is 4.85 Å². The van der Waals surface area contributed by atoms with Gasteiger partial charge in [-0.3, -0.25) is 0 Å². The van der Waals surface area contributed by atoms with Gasteiger partial charge in [0, 0.05) is 14.1 Å². The molecule has 6 heteroatoms. The average molecular weight is 157 g/mol. The van der Waals surface area contributed by atoms with E-state index in [4.69, 9.17) is 0 Å². The number of nitrogens with one attached hydrogen (secondary N) is 2. The van der Waals surface area contributed by atoms with E-state index in [0.29, 0.717) is 5.69 Å². The minimum absolute atomic E-state index is 0.206. The largest absolute Gasteiger partial charge is 0.756 e. The van der Waals surface area contributed by atoms with E-state index in [1.807, 2.05) is 0 Å². The van der Waals surface area contributed by atoms with Crippen LogP contribution in [0.3, 0.4) is 0 Å². The maximum Gasteiger partial charge on any atom is 0.234 e. The van der Waals surface area contributed by atoms with E-state index >= 15 is 0 Å². The van der Waals surface area contributed by atoms with Crippen molar-refractivity contribution < 1.29 is 4.85 Å². The number of rotatable bonds is 2. The van der Waals surface area contributed by atoms with Gasteiger partial charge in [-0.05, 0) is 0 Å². The Morgan fingerprint density at radius 1 is 1.45 bits per heavy atom. The van der Waals surface area contributed by atoms with Crippen LogP contribution in [0.4, 0.5) is 11.5 Å². The molecule has 0 spiro atoms. The lowest BCUT2D eigenvalue weighted by atomic mass is 10.5. The third kappa shape index (κ3) is 1.02. The summed E-state index contributed by atoms with van der Waals surface area (Å²) >= 11 is 0. The molecule has 1 rings (SSSR count). The molecule has 0 aromatic carbocycles. The summed E-state index contributed by atoms with van der Waals surface area (Å²) in [4.78, 5) is 0.434. The molecular weight excluding hydrogens is 148 g/mol. The van der Waals surface area contributed by atoms with Gasteiger partial charge in [0.05, 0.1) is 0 Å². The summed E-state index contributed by atoms with van der Waals surface area (Å²) in [7, 11) is 3.21. The third-order valence-corrected chi connectivity index (χ3v) is 1.37. The first-order chi connectivity index (χ1) is 5.20. The molecule has 11 heavy (non-hydrogen) atoms. The van der Waals surface area contributed by atoms with Crippen molar-refractivity contribution >= 4 is 11.5 Å². The summed E-state index contributed by atoms with van der Waals surface area (Å²) in [6, 6.07) is 0. The Labute approximate surface area is 63.6 Å². The van der Waals surface area contributed by atoms with Crippen molar-refractivity contribution in [2.75, 3.05) is 24.7 Å². The predicted molar refractivity (Wildman–Crippen MR) is 41.3 cm³/mol. The van der Waals surface area contributed by atoms with Crippen LogP contribution in [0.25, 0.3) is 0 Å². The van der Waals surface area contributed by atoms with Gasteiger partial charge in [0.2, 0.25) is 6.20 Å². The zero-order chi connectivity index (χ0) is 8.43. The molecule has 2 N–H and O–H groups in total. The molecule has 0 saturated heterocycles. The SMILES string of the molecule is CNc1c[n+]([O-])n([O-])c1NC. The monoisotopic (exact) mass is 157 g/mol. The molecule has 1 heterocycles. The Kier molecular flexibility index (Phi) is 1.75. The molecule has 6 nitrogen and oxygen atoms in total. The first kappa shape index (κ1) is 7.52. The number of hydrogen-bond acceptors (Lipinski definition) is 4. The summed E-state index contributed by atoms with van der Waals surface area (Å²) < 4.78 is 0. The standard InChI is InChI=1S/C5H9N4O2/c1-6-4-3-8(10)9(11)5(4)7-2/h3,6-7H,1-2H3/q-1. The Morgan fingerprint density at radius 3 is 2.45 bits per heavy atom. The van der Waals surface area contributed by atoms with Gasteiger partial charge in [-0.25, -0.2) is 0 Å². The van der Waals surface area contributed by atoms with Gasteiger partial charge in [-0.2, -0.15) is 0 Å². The molecule has 1 aromatic rings. The smallest absolute Gasteiger partial charge is 0.234 e. The first-order valence-electron chi connectivity index (χ1n) is 3.09. The van der Waals surface area contributed by atoms with E-state index in [0.717, 1.165) is 0 Å². The van der Waals surface area contributed by atoms with Crippen LogP contribution < -0.4 is 15.5 Å². The van der Waals surface area contributed by atoms with Crippen molar-refractivity contribution in [1.82, 2.24) is 4.85 Å². The van der Waals surface area contributed by atoms with E-state index in [-0.39, 0.29) is 15.5 Å². The van der Waals surface area contributed by atoms with Crippen LogP contribution in [-0.2, 0) is 0 Å². The zero-order valence-corrected chi connectivity index (χ0v) is 6.29. The van der Waals surface area contributed by atoms with Crippen LogP contribution in [-0.4, -0.2) is 18.9 Å². The number of nitrogens with zero attached hydrogens (tertiary/aromatic N) is 2. The molecule has 0 saturated carbocycles. The minimum atomic E-state index is 0.206. The topological polar surface area (TPSA) is 79.0 Å². The van der Waals surface area contributed by atoms with Crippen LogP contribution >= 0.6 is 0 Å². The lowest BCUT2D eigenvalue weighted by Crippen LogP contribution is -2.34. The molecule has 0 aliphatic heterocycles. The van der Waals surface area contributed by atoms with Gasteiger partial charge >= 0.3 is 0 Å². The van der Waals surface area contributed by atoms with Crippen molar-refractivity contribution in [3.63, 3.8) is 0 Å². The van der Waals surface area contributed by atoms with Crippen LogP contribution in [0, 0.1) is 10.4 Å². The Hall–Kier alpha value is -1.59. The summed E-state index contributed by atoms with van der Waals surface area (Å²) in [6.45, 7) is 0. The maximum absolute atomic E-state index is 10.8. The second kappa shape index (κ2) is 2.57. The van der Waals surface area contributed by atoms with Crippen LogP contribution in [0.5, 0.6) is 0 Å². The first-order valence-corrected chi connectivity index (χ1v) is 3.09. The average Bonchev–Trinajstić information content (AvgIpc) is 2.28. The van der Waals surface area contributed by atoms with Gasteiger partial charge in [0.15, 0.2) is 5.82 Å². The van der Waals surface area contributed by atoms with Gasteiger partial charge < -0.3 is 21.0 Å². The number of anilines is 2. The molecule has 0 atom stereocenters. The van der Waals surface area contributed by atoms with E-state index in [9.17, 15) is 10.4 Å². The fraction of sp³-hybridized carbons (Fsp3) is 0.400. The van der Waals surface area contributed by atoms with Crippen molar-refractivity contribution in [3.05, 3.63) is 16.6 Å². The van der Waals surface area contributed by atoms with E-state index in [1.54, 1.807) is 14.1 Å². The molecule has 0 radical (unpaired) electrons. The second-order valence-electron chi connectivity index (χ2n) is 1.97. The quantitative estimate of drug-likeness (QED) is 0.450. The summed E-state index contributed by atoms with van der Waals surface area (Å²) in [6.07, 6.45) is 1.17. The number of hydrogen-bond donors (Lipinski definition) is 2. The summed E-state index contributed by atoms with van der Waals surface area (Å²) in [5, 5.41) is 26.8. The Balaban J connectivity index is 3.15. The van der Waals surface area contributed by atoms with Gasteiger partial charge in [0.25, 0.3) is 0 Å².